The number of thiazole rings is 1. The van der Waals surface area contributed by atoms with E-state index in [-0.39, 0.29) is 0 Å². The van der Waals surface area contributed by atoms with E-state index in [0.717, 1.165) is 29.7 Å². The lowest BCUT2D eigenvalue weighted by Crippen LogP contribution is -2.24. The molecule has 2 atom stereocenters. The van der Waals surface area contributed by atoms with E-state index >= 15 is 0 Å². The Morgan fingerprint density at radius 1 is 1.11 bits per heavy atom. The largest absolute Gasteiger partial charge is 0.387 e. The molecule has 0 aliphatic heterocycles. The molecular weight excluding hydrogens is 372 g/mol. The molecule has 6 nitrogen and oxygen atoms in total. The molecule has 0 saturated carbocycles. The van der Waals surface area contributed by atoms with Crippen molar-refractivity contribution in [2.75, 3.05) is 18.8 Å². The van der Waals surface area contributed by atoms with Gasteiger partial charge < -0.3 is 21.9 Å². The molecule has 1 unspecified atom stereocenters. The van der Waals surface area contributed by atoms with E-state index in [1.165, 1.54) is 11.3 Å². The molecule has 7 heteroatoms. The molecule has 2 aromatic carbocycles. The molecule has 0 fully saturated rings. The number of nitrogens with zero attached hydrogens (tertiary/aromatic N) is 1. The van der Waals surface area contributed by atoms with Crippen molar-refractivity contribution in [2.45, 2.75) is 18.4 Å². The summed E-state index contributed by atoms with van der Waals surface area (Å²) in [7, 11) is 0. The van der Waals surface area contributed by atoms with Crippen LogP contribution < -0.4 is 16.8 Å². The summed E-state index contributed by atoms with van der Waals surface area (Å²) in [4.78, 5) is 16.1. The highest BCUT2D eigenvalue weighted by atomic mass is 32.1. The number of aromatic nitrogens is 1. The van der Waals surface area contributed by atoms with Gasteiger partial charge in [-0.25, -0.2) is 4.98 Å². The van der Waals surface area contributed by atoms with Gasteiger partial charge in [-0.2, -0.15) is 0 Å². The predicted molar refractivity (Wildman–Crippen MR) is 112 cm³/mol. The fourth-order valence-corrected chi connectivity index (χ4v) is 3.64. The molecule has 1 aromatic heterocycles. The lowest BCUT2D eigenvalue weighted by Gasteiger charge is -2.13. The van der Waals surface area contributed by atoms with Gasteiger partial charge in [0.05, 0.1) is 11.8 Å². The van der Waals surface area contributed by atoms with Crippen LogP contribution in [0.15, 0.2) is 60.0 Å². The Hall–Kier alpha value is -2.74. The van der Waals surface area contributed by atoms with Crippen LogP contribution in [0.4, 0.5) is 5.13 Å². The van der Waals surface area contributed by atoms with Crippen molar-refractivity contribution in [1.29, 1.82) is 0 Å². The normalized spacial score (nSPS) is 13.2. The first-order valence-electron chi connectivity index (χ1n) is 9.07. The van der Waals surface area contributed by atoms with Crippen molar-refractivity contribution in [3.63, 3.8) is 0 Å². The zero-order valence-electron chi connectivity index (χ0n) is 15.4. The van der Waals surface area contributed by atoms with Crippen molar-refractivity contribution in [1.82, 2.24) is 10.3 Å². The first-order chi connectivity index (χ1) is 13.5. The number of rotatable bonds is 9. The fraction of sp³-hybridized carbons (Fsp3) is 0.238. The van der Waals surface area contributed by atoms with Gasteiger partial charge >= 0.3 is 0 Å². The number of amides is 1. The summed E-state index contributed by atoms with van der Waals surface area (Å²) in [5.74, 6) is -1.05. The van der Waals surface area contributed by atoms with E-state index in [0.29, 0.717) is 17.4 Å². The number of hydrogen-bond acceptors (Lipinski definition) is 6. The summed E-state index contributed by atoms with van der Waals surface area (Å²) >= 11 is 1.29. The number of carbonyl (C=O) groups excluding carboxylic acids is 1. The van der Waals surface area contributed by atoms with Gasteiger partial charge in [0.25, 0.3) is 0 Å². The second-order valence-corrected chi connectivity index (χ2v) is 7.46. The number of primary amides is 1. The summed E-state index contributed by atoms with van der Waals surface area (Å²) in [6.45, 7) is 1.24. The molecule has 0 saturated heterocycles. The fourth-order valence-electron chi connectivity index (χ4n) is 3.06. The number of aliphatic hydroxyl groups is 1. The summed E-state index contributed by atoms with van der Waals surface area (Å²) in [5.41, 5.74) is 14.7. The maximum absolute atomic E-state index is 11.9. The highest BCUT2D eigenvalue weighted by Crippen LogP contribution is 2.27. The number of hydrogen-bond donors (Lipinski definition) is 4. The summed E-state index contributed by atoms with van der Waals surface area (Å²) < 4.78 is 0. The molecule has 1 heterocycles. The quantitative estimate of drug-likeness (QED) is 0.414. The van der Waals surface area contributed by atoms with Crippen LogP contribution in [0.25, 0.3) is 0 Å². The lowest BCUT2D eigenvalue weighted by molar-refractivity contribution is -0.118. The maximum atomic E-state index is 11.9. The van der Waals surface area contributed by atoms with Crippen LogP contribution in [0.2, 0.25) is 0 Å². The van der Waals surface area contributed by atoms with E-state index in [2.05, 4.69) is 10.3 Å². The first-order valence-corrected chi connectivity index (χ1v) is 9.95. The van der Waals surface area contributed by atoms with Crippen LogP contribution in [0.1, 0.15) is 34.4 Å². The van der Waals surface area contributed by atoms with Crippen LogP contribution in [0, 0.1) is 0 Å². The smallest absolute Gasteiger partial charge is 0.231 e. The second-order valence-electron chi connectivity index (χ2n) is 6.57. The standard InChI is InChI=1S/C21H24N4O2S/c22-20(27)19(17-13-28-21(23)25-17)16-8-6-14(7-9-16)10-11-24-12-18(26)15-4-2-1-3-5-15/h1-9,13,18-19,24,26H,10-12H2,(H2,22,27)(H2,23,25)/t18-,19?/m1/s1. The lowest BCUT2D eigenvalue weighted by atomic mass is 9.94. The average molecular weight is 397 g/mol. The number of nitrogen functional groups attached to an aromatic ring is 1. The zero-order chi connectivity index (χ0) is 19.9. The predicted octanol–water partition coefficient (Wildman–Crippen LogP) is 2.21. The molecule has 0 radical (unpaired) electrons. The number of benzene rings is 2. The average Bonchev–Trinajstić information content (AvgIpc) is 3.12. The van der Waals surface area contributed by atoms with Crippen LogP contribution in [-0.4, -0.2) is 29.1 Å². The van der Waals surface area contributed by atoms with E-state index in [4.69, 9.17) is 11.5 Å². The van der Waals surface area contributed by atoms with Gasteiger partial charge in [-0.05, 0) is 29.7 Å². The number of anilines is 1. The van der Waals surface area contributed by atoms with Crippen molar-refractivity contribution in [3.05, 3.63) is 82.4 Å². The third-order valence-corrected chi connectivity index (χ3v) is 5.24. The Bertz CT molecular complexity index is 896. The SMILES string of the molecule is NC(=O)C(c1ccc(CCNC[C@@H](O)c2ccccc2)cc1)c1csc(N)n1. The van der Waals surface area contributed by atoms with E-state index < -0.39 is 17.9 Å². The second kappa shape index (κ2) is 9.45. The Balaban J connectivity index is 1.53. The Labute approximate surface area is 168 Å². The van der Waals surface area contributed by atoms with Gasteiger partial charge in [-0.3, -0.25) is 4.79 Å². The van der Waals surface area contributed by atoms with Gasteiger partial charge in [0.15, 0.2) is 5.13 Å². The Kier molecular flexibility index (Phi) is 6.76. The number of nitrogens with one attached hydrogen (secondary N) is 1. The van der Waals surface area contributed by atoms with Crippen LogP contribution >= 0.6 is 11.3 Å². The highest BCUT2D eigenvalue weighted by molar-refractivity contribution is 7.13. The van der Waals surface area contributed by atoms with E-state index in [1.807, 2.05) is 54.6 Å². The third kappa shape index (κ3) is 5.16. The third-order valence-electron chi connectivity index (χ3n) is 4.55. The Morgan fingerprint density at radius 2 is 1.82 bits per heavy atom. The molecule has 0 bridgehead atoms. The minimum atomic E-state index is -0.596. The number of aliphatic hydroxyl groups excluding tert-OH is 1. The van der Waals surface area contributed by atoms with Gasteiger partial charge in [-0.1, -0.05) is 54.6 Å². The van der Waals surface area contributed by atoms with Gasteiger partial charge in [0.1, 0.15) is 5.92 Å². The molecule has 146 valence electrons. The van der Waals surface area contributed by atoms with Gasteiger partial charge in [0, 0.05) is 11.9 Å². The molecule has 0 aliphatic carbocycles. The monoisotopic (exact) mass is 396 g/mol. The molecule has 28 heavy (non-hydrogen) atoms. The van der Waals surface area contributed by atoms with E-state index in [1.54, 1.807) is 5.38 Å². The van der Waals surface area contributed by atoms with Crippen molar-refractivity contribution >= 4 is 22.4 Å². The van der Waals surface area contributed by atoms with Crippen molar-refractivity contribution in [2.24, 2.45) is 5.73 Å². The maximum Gasteiger partial charge on any atom is 0.231 e. The molecular formula is C21H24N4O2S. The molecule has 3 aromatic rings. The van der Waals surface area contributed by atoms with E-state index in [9.17, 15) is 9.90 Å². The number of carbonyl (C=O) groups is 1. The van der Waals surface area contributed by atoms with Gasteiger partial charge in [0.2, 0.25) is 5.91 Å². The first kappa shape index (κ1) is 20.0. The number of nitrogens with two attached hydrogens (primary N) is 2. The van der Waals surface area contributed by atoms with Crippen molar-refractivity contribution in [3.8, 4) is 0 Å². The molecule has 0 aliphatic rings. The summed E-state index contributed by atoms with van der Waals surface area (Å²) in [6, 6.07) is 17.4. The zero-order valence-corrected chi connectivity index (χ0v) is 16.2. The minimum Gasteiger partial charge on any atom is -0.387 e. The molecule has 3 rings (SSSR count). The molecule has 6 N–H and O–H groups in total. The van der Waals surface area contributed by atoms with Crippen LogP contribution in [-0.2, 0) is 11.2 Å². The van der Waals surface area contributed by atoms with Crippen LogP contribution in [0.5, 0.6) is 0 Å². The molecule has 1 amide bonds. The van der Waals surface area contributed by atoms with Crippen molar-refractivity contribution < 1.29 is 9.90 Å². The summed E-state index contributed by atoms with van der Waals surface area (Å²) in [6.07, 6.45) is 0.289. The topological polar surface area (TPSA) is 114 Å². The van der Waals surface area contributed by atoms with Gasteiger partial charge in [-0.15, -0.1) is 11.3 Å². The van der Waals surface area contributed by atoms with Crippen LogP contribution in [0.3, 0.4) is 0 Å². The summed E-state index contributed by atoms with van der Waals surface area (Å²) in [5, 5.41) is 15.6. The minimum absolute atomic E-state index is 0.418. The highest BCUT2D eigenvalue weighted by Gasteiger charge is 2.22. The Morgan fingerprint density at radius 3 is 2.43 bits per heavy atom. The molecule has 0 spiro atoms.